The topological polar surface area (TPSA) is 80.2 Å². The van der Waals surface area contributed by atoms with E-state index in [-0.39, 0.29) is 5.91 Å². The Morgan fingerprint density at radius 3 is 2.66 bits per heavy atom. The molecular weight excluding hydrogens is 394 g/mol. The molecule has 0 radical (unpaired) electrons. The van der Waals surface area contributed by atoms with Crippen molar-refractivity contribution >= 4 is 29.8 Å². The van der Waals surface area contributed by atoms with E-state index in [0.717, 1.165) is 24.3 Å². The molecule has 8 heteroatoms. The smallest absolute Gasteiger partial charge is 0.346 e. The highest BCUT2D eigenvalue weighted by molar-refractivity contribution is 6.32. The van der Waals surface area contributed by atoms with Crippen molar-refractivity contribution in [2.24, 2.45) is 11.0 Å². The molecule has 7 nitrogen and oxygen atoms in total. The predicted octanol–water partition coefficient (Wildman–Crippen LogP) is 4.36. The zero-order chi connectivity index (χ0) is 21.0. The van der Waals surface area contributed by atoms with E-state index in [9.17, 15) is 9.59 Å². The minimum atomic E-state index is -0.813. The second kappa shape index (κ2) is 9.03. The third kappa shape index (κ3) is 4.50. The van der Waals surface area contributed by atoms with Crippen molar-refractivity contribution in [3.8, 4) is 11.5 Å². The summed E-state index contributed by atoms with van der Waals surface area (Å²) in [5, 5.41) is 8.32. The molecule has 2 fully saturated rings. The number of rotatable bonds is 7. The van der Waals surface area contributed by atoms with Crippen LogP contribution in [0, 0.1) is 5.92 Å². The molecule has 1 aromatic carbocycles. The average Bonchev–Trinajstić information content (AvgIpc) is 2.92. The molecule has 1 aliphatic carbocycles. The van der Waals surface area contributed by atoms with Crippen LogP contribution in [-0.4, -0.2) is 41.9 Å². The average molecular weight is 422 g/mol. The summed E-state index contributed by atoms with van der Waals surface area (Å²) < 4.78 is 11.3. The van der Waals surface area contributed by atoms with E-state index in [4.69, 9.17) is 21.1 Å². The van der Waals surface area contributed by atoms with E-state index >= 15 is 0 Å². The van der Waals surface area contributed by atoms with E-state index in [1.165, 1.54) is 6.21 Å². The molecular formula is C21H28ClN3O4. The standard InChI is InChI=1S/C21H28ClN3O4/c1-4-10-29-18-16(22)11-15(12-17(18)28-5-2)13-23-25-19(26)21(24-20(25)27)8-6-14(3)7-9-21/h11-14H,4-10H2,1-3H3,(H,24,27)/b23-13+. The third-order valence-electron chi connectivity index (χ3n) is 5.37. The monoisotopic (exact) mass is 421 g/mol. The summed E-state index contributed by atoms with van der Waals surface area (Å²) in [5.74, 6) is 1.27. The lowest BCUT2D eigenvalue weighted by Crippen LogP contribution is -2.49. The van der Waals surface area contributed by atoms with Gasteiger partial charge in [-0.05, 0) is 62.6 Å². The predicted molar refractivity (Wildman–Crippen MR) is 112 cm³/mol. The number of halogens is 1. The minimum absolute atomic E-state index is 0.287. The molecule has 1 N–H and O–H groups in total. The zero-order valence-corrected chi connectivity index (χ0v) is 17.9. The summed E-state index contributed by atoms with van der Waals surface area (Å²) in [6, 6.07) is 2.93. The summed E-state index contributed by atoms with van der Waals surface area (Å²) in [6.45, 7) is 7.02. The van der Waals surface area contributed by atoms with E-state index in [2.05, 4.69) is 17.3 Å². The number of hydrogen-bond donors (Lipinski definition) is 1. The highest BCUT2D eigenvalue weighted by Gasteiger charge is 2.52. The molecule has 0 bridgehead atoms. The molecule has 3 rings (SSSR count). The van der Waals surface area contributed by atoms with E-state index in [1.807, 2.05) is 13.8 Å². The number of ether oxygens (including phenoxy) is 2. The molecule has 158 valence electrons. The Morgan fingerprint density at radius 2 is 2.00 bits per heavy atom. The number of nitrogens with zero attached hydrogens (tertiary/aromatic N) is 2. The quantitative estimate of drug-likeness (QED) is 0.523. The lowest BCUT2D eigenvalue weighted by atomic mass is 9.77. The number of benzene rings is 1. The van der Waals surface area contributed by atoms with Gasteiger partial charge >= 0.3 is 6.03 Å². The second-order valence-corrected chi connectivity index (χ2v) is 8.07. The summed E-state index contributed by atoms with van der Waals surface area (Å²) in [4.78, 5) is 25.3. The fourth-order valence-corrected chi connectivity index (χ4v) is 3.97. The molecule has 1 spiro atoms. The maximum absolute atomic E-state index is 12.9. The molecule has 0 aromatic heterocycles. The summed E-state index contributed by atoms with van der Waals surface area (Å²) >= 11 is 6.36. The number of imide groups is 1. The number of hydrazone groups is 1. The van der Waals surface area contributed by atoms with Crippen LogP contribution in [0.25, 0.3) is 0 Å². The Balaban J connectivity index is 1.80. The fraction of sp³-hybridized carbons (Fsp3) is 0.571. The molecule has 1 heterocycles. The minimum Gasteiger partial charge on any atom is -0.490 e. The maximum Gasteiger partial charge on any atom is 0.346 e. The lowest BCUT2D eigenvalue weighted by molar-refractivity contribution is -0.132. The van der Waals surface area contributed by atoms with Crippen molar-refractivity contribution in [2.45, 2.75) is 58.4 Å². The first kappa shape index (κ1) is 21.4. The number of hydrogen-bond acceptors (Lipinski definition) is 5. The Morgan fingerprint density at radius 1 is 1.28 bits per heavy atom. The van der Waals surface area contributed by atoms with Gasteiger partial charge in [0, 0.05) is 0 Å². The highest BCUT2D eigenvalue weighted by atomic mass is 35.5. The van der Waals surface area contributed by atoms with Crippen LogP contribution in [0.15, 0.2) is 17.2 Å². The third-order valence-corrected chi connectivity index (χ3v) is 5.65. The molecule has 3 amide bonds. The molecule has 1 saturated carbocycles. The van der Waals surface area contributed by atoms with Crippen LogP contribution in [-0.2, 0) is 4.79 Å². The van der Waals surface area contributed by atoms with Gasteiger partial charge in [-0.15, -0.1) is 5.01 Å². The normalized spacial score (nSPS) is 24.4. The second-order valence-electron chi connectivity index (χ2n) is 7.67. The van der Waals surface area contributed by atoms with Crippen molar-refractivity contribution in [1.29, 1.82) is 0 Å². The van der Waals surface area contributed by atoms with Crippen LogP contribution in [0.4, 0.5) is 4.79 Å². The molecule has 0 atom stereocenters. The van der Waals surface area contributed by atoms with E-state index < -0.39 is 11.6 Å². The van der Waals surface area contributed by atoms with Gasteiger partial charge < -0.3 is 14.8 Å². The van der Waals surface area contributed by atoms with Gasteiger partial charge in [-0.25, -0.2) is 4.79 Å². The summed E-state index contributed by atoms with van der Waals surface area (Å²) in [6.07, 6.45) is 5.41. The van der Waals surface area contributed by atoms with Crippen LogP contribution in [0.5, 0.6) is 11.5 Å². The number of carbonyl (C=O) groups is 2. The van der Waals surface area contributed by atoms with Gasteiger partial charge in [-0.3, -0.25) is 4.79 Å². The van der Waals surface area contributed by atoms with Crippen molar-refractivity contribution in [2.75, 3.05) is 13.2 Å². The Labute approximate surface area is 176 Å². The molecule has 1 aliphatic heterocycles. The van der Waals surface area contributed by atoms with Crippen LogP contribution < -0.4 is 14.8 Å². The number of nitrogens with one attached hydrogen (secondary N) is 1. The first-order valence-electron chi connectivity index (χ1n) is 10.2. The fourth-order valence-electron chi connectivity index (χ4n) is 3.70. The first-order valence-corrected chi connectivity index (χ1v) is 10.6. The maximum atomic E-state index is 12.9. The van der Waals surface area contributed by atoms with Gasteiger partial charge in [-0.2, -0.15) is 5.10 Å². The zero-order valence-electron chi connectivity index (χ0n) is 17.2. The van der Waals surface area contributed by atoms with Crippen LogP contribution in [0.3, 0.4) is 0 Å². The van der Waals surface area contributed by atoms with Gasteiger partial charge in [0.1, 0.15) is 5.54 Å². The Bertz CT molecular complexity index is 803. The summed E-state index contributed by atoms with van der Waals surface area (Å²) in [5.41, 5.74) is -0.200. The van der Waals surface area contributed by atoms with Gasteiger partial charge in [0.25, 0.3) is 5.91 Å². The Kier molecular flexibility index (Phi) is 6.67. The number of amides is 3. The van der Waals surface area contributed by atoms with Crippen molar-refractivity contribution in [3.05, 3.63) is 22.7 Å². The van der Waals surface area contributed by atoms with Gasteiger partial charge in [0.05, 0.1) is 24.5 Å². The van der Waals surface area contributed by atoms with E-state index in [0.29, 0.717) is 54.1 Å². The van der Waals surface area contributed by atoms with Crippen LogP contribution >= 0.6 is 11.6 Å². The van der Waals surface area contributed by atoms with Crippen LogP contribution in [0.2, 0.25) is 5.02 Å². The Hall–Kier alpha value is -2.28. The van der Waals surface area contributed by atoms with Crippen LogP contribution in [0.1, 0.15) is 58.4 Å². The molecule has 0 unspecified atom stereocenters. The molecule has 1 saturated heterocycles. The molecule has 2 aliphatic rings. The summed E-state index contributed by atoms with van der Waals surface area (Å²) in [7, 11) is 0. The van der Waals surface area contributed by atoms with Gasteiger partial charge in [0.15, 0.2) is 11.5 Å². The first-order chi connectivity index (χ1) is 13.9. The van der Waals surface area contributed by atoms with Gasteiger partial charge in [-0.1, -0.05) is 25.4 Å². The van der Waals surface area contributed by atoms with Gasteiger partial charge in [0.2, 0.25) is 0 Å². The van der Waals surface area contributed by atoms with Crippen molar-refractivity contribution in [1.82, 2.24) is 10.3 Å². The SMILES string of the molecule is CCCOc1c(Cl)cc(/C=N/N2C(=O)NC3(CCC(C)CC3)C2=O)cc1OCC. The van der Waals surface area contributed by atoms with E-state index in [1.54, 1.807) is 12.1 Å². The van der Waals surface area contributed by atoms with Crippen molar-refractivity contribution in [3.63, 3.8) is 0 Å². The van der Waals surface area contributed by atoms with Crippen molar-refractivity contribution < 1.29 is 19.1 Å². The number of urea groups is 1. The molecule has 29 heavy (non-hydrogen) atoms. The lowest BCUT2D eigenvalue weighted by Gasteiger charge is -2.33. The molecule has 1 aromatic rings. The number of carbonyl (C=O) groups excluding carboxylic acids is 2. The highest BCUT2D eigenvalue weighted by Crippen LogP contribution is 2.38. The largest absolute Gasteiger partial charge is 0.490 e.